The van der Waals surface area contributed by atoms with Crippen LogP contribution in [0.5, 0.6) is 11.5 Å². The predicted octanol–water partition coefficient (Wildman–Crippen LogP) is 2.33. The van der Waals surface area contributed by atoms with E-state index in [0.717, 1.165) is 0 Å². The molecular formula is C18H21N3O5S. The summed E-state index contributed by atoms with van der Waals surface area (Å²) >= 11 is 0. The molecule has 0 fully saturated rings. The molecule has 3 rings (SSSR count). The van der Waals surface area contributed by atoms with Crippen molar-refractivity contribution in [2.24, 2.45) is 0 Å². The largest absolute Gasteiger partial charge is 0.454 e. The van der Waals surface area contributed by atoms with Crippen molar-refractivity contribution < 1.29 is 22.7 Å². The average Bonchev–Trinajstić information content (AvgIpc) is 3.08. The molecule has 9 heteroatoms. The summed E-state index contributed by atoms with van der Waals surface area (Å²) in [6.45, 7) is 3.78. The Morgan fingerprint density at radius 1 is 1.19 bits per heavy atom. The minimum atomic E-state index is -3.62. The molecule has 0 bridgehead atoms. The fraction of sp³-hybridized carbons (Fsp3) is 0.278. The molecule has 144 valence electrons. The van der Waals surface area contributed by atoms with Gasteiger partial charge < -0.3 is 20.5 Å². The number of nitrogen functional groups attached to an aromatic ring is 1. The molecule has 0 spiro atoms. The summed E-state index contributed by atoms with van der Waals surface area (Å²) in [6, 6.07) is 8.67. The molecule has 0 aromatic heterocycles. The number of hydrogen-bond donors (Lipinski definition) is 3. The van der Waals surface area contributed by atoms with Crippen LogP contribution in [-0.4, -0.2) is 27.2 Å². The van der Waals surface area contributed by atoms with Gasteiger partial charge in [0.05, 0.1) is 16.3 Å². The van der Waals surface area contributed by atoms with Crippen LogP contribution < -0.4 is 25.2 Å². The highest BCUT2D eigenvalue weighted by Crippen LogP contribution is 2.38. The average molecular weight is 391 g/mol. The van der Waals surface area contributed by atoms with Crippen LogP contribution in [0.25, 0.3) is 0 Å². The number of rotatable bonds is 6. The highest BCUT2D eigenvalue weighted by atomic mass is 32.2. The van der Waals surface area contributed by atoms with Crippen molar-refractivity contribution in [1.82, 2.24) is 4.72 Å². The molecule has 1 atom stereocenters. The number of carbonyl (C=O) groups excluding carboxylic acids is 1. The van der Waals surface area contributed by atoms with Crippen molar-refractivity contribution in [3.8, 4) is 11.5 Å². The zero-order chi connectivity index (χ0) is 19.6. The summed E-state index contributed by atoms with van der Waals surface area (Å²) < 4.78 is 37.6. The monoisotopic (exact) mass is 391 g/mol. The predicted molar refractivity (Wildman–Crippen MR) is 101 cm³/mol. The topological polar surface area (TPSA) is 120 Å². The van der Waals surface area contributed by atoms with Crippen LogP contribution in [-0.2, 0) is 10.0 Å². The summed E-state index contributed by atoms with van der Waals surface area (Å²) in [5, 5.41) is 2.69. The van der Waals surface area contributed by atoms with Crippen LogP contribution in [0.3, 0.4) is 0 Å². The second-order valence-electron chi connectivity index (χ2n) is 6.20. The third-order valence-corrected chi connectivity index (χ3v) is 5.79. The van der Waals surface area contributed by atoms with E-state index < -0.39 is 15.9 Å². The van der Waals surface area contributed by atoms with Crippen molar-refractivity contribution in [1.29, 1.82) is 0 Å². The molecule has 4 N–H and O–H groups in total. The molecular weight excluding hydrogens is 370 g/mol. The first-order valence-corrected chi connectivity index (χ1v) is 9.91. The van der Waals surface area contributed by atoms with E-state index in [1.54, 1.807) is 19.1 Å². The Bertz CT molecular complexity index is 958. The van der Waals surface area contributed by atoms with Crippen LogP contribution in [0.1, 0.15) is 30.6 Å². The van der Waals surface area contributed by atoms with Gasteiger partial charge in [-0.2, -0.15) is 0 Å². The number of nitrogens with one attached hydrogen (secondary N) is 2. The molecule has 1 aliphatic rings. The van der Waals surface area contributed by atoms with Crippen molar-refractivity contribution in [3.05, 3.63) is 42.0 Å². The standard InChI is InChI=1S/C18H21N3O5S/c1-3-11(2)21-27(23,24)13-6-4-12(5-7-13)18(22)20-15-9-17-16(8-14(15)19)25-10-26-17/h4-9,11,21H,3,10,19H2,1-2H3,(H,20,22). The third-order valence-electron chi connectivity index (χ3n) is 4.19. The number of carbonyl (C=O) groups is 1. The van der Waals surface area contributed by atoms with Crippen LogP contribution in [0, 0.1) is 0 Å². The minimum Gasteiger partial charge on any atom is -0.454 e. The van der Waals surface area contributed by atoms with Gasteiger partial charge in [0, 0.05) is 23.7 Å². The van der Waals surface area contributed by atoms with Gasteiger partial charge in [0.2, 0.25) is 16.8 Å². The van der Waals surface area contributed by atoms with E-state index in [9.17, 15) is 13.2 Å². The molecule has 1 unspecified atom stereocenters. The normalized spacial score (nSPS) is 14.0. The van der Waals surface area contributed by atoms with Gasteiger partial charge >= 0.3 is 0 Å². The minimum absolute atomic E-state index is 0.0990. The molecule has 0 saturated carbocycles. The second-order valence-corrected chi connectivity index (χ2v) is 7.92. The summed E-state index contributed by atoms with van der Waals surface area (Å²) in [6.07, 6.45) is 0.677. The van der Waals surface area contributed by atoms with Gasteiger partial charge in [-0.15, -0.1) is 0 Å². The maximum Gasteiger partial charge on any atom is 0.255 e. The van der Waals surface area contributed by atoms with Crippen molar-refractivity contribution in [2.45, 2.75) is 31.2 Å². The Kier molecular flexibility index (Phi) is 5.24. The van der Waals surface area contributed by atoms with Crippen LogP contribution in [0.15, 0.2) is 41.3 Å². The maximum atomic E-state index is 12.4. The van der Waals surface area contributed by atoms with E-state index >= 15 is 0 Å². The quantitative estimate of drug-likeness (QED) is 0.650. The molecule has 0 aliphatic carbocycles. The van der Waals surface area contributed by atoms with Gasteiger partial charge in [-0.1, -0.05) is 6.92 Å². The van der Waals surface area contributed by atoms with Crippen molar-refractivity contribution in [2.75, 3.05) is 17.8 Å². The molecule has 27 heavy (non-hydrogen) atoms. The lowest BCUT2D eigenvalue weighted by molar-refractivity contribution is 0.102. The summed E-state index contributed by atoms with van der Waals surface area (Å²) in [5.74, 6) is 0.602. The van der Waals surface area contributed by atoms with Gasteiger partial charge in [0.25, 0.3) is 5.91 Å². The Balaban J connectivity index is 1.75. The van der Waals surface area contributed by atoms with E-state index in [2.05, 4.69) is 10.0 Å². The first-order valence-electron chi connectivity index (χ1n) is 8.43. The van der Waals surface area contributed by atoms with Gasteiger partial charge in [-0.25, -0.2) is 13.1 Å². The molecule has 0 radical (unpaired) electrons. The number of hydrogen-bond acceptors (Lipinski definition) is 6. The van der Waals surface area contributed by atoms with E-state index in [1.165, 1.54) is 24.3 Å². The highest BCUT2D eigenvalue weighted by molar-refractivity contribution is 7.89. The number of nitrogens with two attached hydrogens (primary N) is 1. The first-order chi connectivity index (χ1) is 12.8. The molecule has 1 heterocycles. The van der Waals surface area contributed by atoms with Crippen molar-refractivity contribution >= 4 is 27.3 Å². The molecule has 8 nitrogen and oxygen atoms in total. The van der Waals surface area contributed by atoms with Crippen molar-refractivity contribution in [3.63, 3.8) is 0 Å². The summed E-state index contributed by atoms with van der Waals surface area (Å²) in [7, 11) is -3.62. The van der Waals surface area contributed by atoms with E-state index in [4.69, 9.17) is 15.2 Å². The number of ether oxygens (including phenoxy) is 2. The summed E-state index contributed by atoms with van der Waals surface area (Å²) in [5.41, 5.74) is 6.95. The van der Waals surface area contributed by atoms with Crippen LogP contribution in [0.4, 0.5) is 11.4 Å². The number of fused-ring (bicyclic) bond motifs is 1. The zero-order valence-electron chi connectivity index (χ0n) is 15.0. The van der Waals surface area contributed by atoms with Crippen LogP contribution in [0.2, 0.25) is 0 Å². The van der Waals surface area contributed by atoms with Gasteiger partial charge in [0.15, 0.2) is 11.5 Å². The number of sulfonamides is 1. The van der Waals surface area contributed by atoms with E-state index in [-0.39, 0.29) is 17.7 Å². The summed E-state index contributed by atoms with van der Waals surface area (Å²) in [4.78, 5) is 12.5. The van der Waals surface area contributed by atoms with Gasteiger partial charge in [0.1, 0.15) is 0 Å². The fourth-order valence-electron chi connectivity index (χ4n) is 2.46. The molecule has 1 amide bonds. The second kappa shape index (κ2) is 7.45. The maximum absolute atomic E-state index is 12.4. The Labute approximate surface area is 157 Å². The number of amides is 1. The SMILES string of the molecule is CCC(C)NS(=O)(=O)c1ccc(C(=O)Nc2cc3c(cc2N)OCO3)cc1. The Hall–Kier alpha value is -2.78. The molecule has 2 aromatic carbocycles. The Morgan fingerprint density at radius 2 is 1.81 bits per heavy atom. The zero-order valence-corrected chi connectivity index (χ0v) is 15.8. The first kappa shape index (κ1) is 19.0. The highest BCUT2D eigenvalue weighted by Gasteiger charge is 2.19. The van der Waals surface area contributed by atoms with Crippen LogP contribution >= 0.6 is 0 Å². The molecule has 1 aliphatic heterocycles. The lowest BCUT2D eigenvalue weighted by Crippen LogP contribution is -2.32. The Morgan fingerprint density at radius 3 is 2.44 bits per heavy atom. The number of benzene rings is 2. The van der Waals surface area contributed by atoms with Gasteiger partial charge in [-0.05, 0) is 37.6 Å². The number of anilines is 2. The smallest absolute Gasteiger partial charge is 0.255 e. The third kappa shape index (κ3) is 4.15. The molecule has 2 aromatic rings. The van der Waals surface area contributed by atoms with Gasteiger partial charge in [-0.3, -0.25) is 4.79 Å². The lowest BCUT2D eigenvalue weighted by atomic mass is 10.2. The van der Waals surface area contributed by atoms with E-state index in [1.807, 2.05) is 6.92 Å². The fourth-order valence-corrected chi connectivity index (χ4v) is 3.79. The lowest BCUT2D eigenvalue weighted by Gasteiger charge is -2.13. The molecule has 0 saturated heterocycles. The van der Waals surface area contributed by atoms with E-state index in [0.29, 0.717) is 34.9 Å².